The van der Waals surface area contributed by atoms with Gasteiger partial charge in [0.1, 0.15) is 18.0 Å². The highest BCUT2D eigenvalue weighted by Gasteiger charge is 2.33. The molecule has 0 amide bonds. The average Bonchev–Trinajstić information content (AvgIpc) is 3.03. The normalized spacial score (nSPS) is 21.8. The molecule has 1 aliphatic heterocycles. The van der Waals surface area contributed by atoms with Crippen LogP contribution in [0.1, 0.15) is 41.5 Å². The van der Waals surface area contributed by atoms with E-state index in [-0.39, 0.29) is 6.61 Å². The molecule has 5 heteroatoms. The number of hydrogen-bond acceptors (Lipinski definition) is 4. The molecule has 4 nitrogen and oxygen atoms in total. The van der Waals surface area contributed by atoms with Crippen molar-refractivity contribution in [2.75, 3.05) is 23.4 Å². The highest BCUT2D eigenvalue weighted by Crippen LogP contribution is 2.38. The Morgan fingerprint density at radius 3 is 2.56 bits per heavy atom. The Balaban J connectivity index is 1.37. The maximum Gasteiger partial charge on any atom is 0.120 e. The van der Waals surface area contributed by atoms with Crippen LogP contribution in [-0.2, 0) is 30.2 Å². The van der Waals surface area contributed by atoms with Gasteiger partial charge >= 0.3 is 0 Å². The number of benzene rings is 3. The largest absolute Gasteiger partial charge is 0.491 e. The Morgan fingerprint density at radius 1 is 1.00 bits per heavy atom. The van der Waals surface area contributed by atoms with Gasteiger partial charge in [-0.3, -0.25) is 4.21 Å². The van der Waals surface area contributed by atoms with Crippen molar-refractivity contribution in [1.29, 1.82) is 0 Å². The van der Waals surface area contributed by atoms with E-state index in [0.29, 0.717) is 24.3 Å². The van der Waals surface area contributed by atoms with Crippen molar-refractivity contribution in [3.63, 3.8) is 0 Å². The van der Waals surface area contributed by atoms with E-state index in [1.807, 2.05) is 18.2 Å². The third kappa shape index (κ3) is 5.21. The van der Waals surface area contributed by atoms with Gasteiger partial charge < -0.3 is 15.2 Å². The van der Waals surface area contributed by atoms with Crippen LogP contribution >= 0.6 is 0 Å². The smallest absolute Gasteiger partial charge is 0.120 e. The first-order valence-electron chi connectivity index (χ1n) is 12.2. The third-order valence-corrected chi connectivity index (χ3v) is 8.41. The summed E-state index contributed by atoms with van der Waals surface area (Å²) in [7, 11) is -0.798. The number of rotatable bonds is 6. The second kappa shape index (κ2) is 9.93. The maximum absolute atomic E-state index is 11.7. The van der Waals surface area contributed by atoms with Crippen LogP contribution in [0.3, 0.4) is 0 Å². The summed E-state index contributed by atoms with van der Waals surface area (Å²) in [5, 5.41) is 14.4. The summed E-state index contributed by atoms with van der Waals surface area (Å²) in [6.07, 6.45) is 4.28. The molecule has 3 aromatic rings. The molecule has 0 atom stereocenters. The zero-order chi connectivity index (χ0) is 23.5. The van der Waals surface area contributed by atoms with E-state index >= 15 is 0 Å². The van der Waals surface area contributed by atoms with E-state index in [0.717, 1.165) is 37.2 Å². The van der Waals surface area contributed by atoms with Crippen LogP contribution in [-0.4, -0.2) is 33.0 Å². The first-order chi connectivity index (χ1) is 16.5. The minimum absolute atomic E-state index is 0.258. The summed E-state index contributed by atoms with van der Waals surface area (Å²) in [6.45, 7) is 3.21. The summed E-state index contributed by atoms with van der Waals surface area (Å²) in [5.74, 6) is 1.93. The SMILES string of the molecule is Cc1cc(OCC2(O)CCS(=O)CC2)cc2c1-c1cc(CNc3ccccc3)ccc1CCC2. The Hall–Kier alpha value is -2.63. The number of fused-ring (bicyclic) bond motifs is 3. The molecule has 2 N–H and O–H groups in total. The molecule has 0 bridgehead atoms. The Kier molecular flexibility index (Phi) is 6.75. The second-order valence-electron chi connectivity index (χ2n) is 9.70. The number of aliphatic hydroxyl groups is 1. The standard InChI is InChI=1S/C29H33NO3S/c1-21-16-26(33-20-29(31)12-14-34(32)15-13-29)18-24-7-5-6-23-11-10-22(17-27(23)28(21)24)19-30-25-8-3-2-4-9-25/h2-4,8-11,16-18,30-31H,5-7,12-15,19-20H2,1H3. The van der Waals surface area contributed by atoms with Gasteiger partial charge in [0.15, 0.2) is 0 Å². The lowest BCUT2D eigenvalue weighted by atomic mass is 9.91. The summed E-state index contributed by atoms with van der Waals surface area (Å²) < 4.78 is 17.8. The molecule has 0 unspecified atom stereocenters. The average molecular weight is 476 g/mol. The molecule has 0 saturated carbocycles. The molecular weight excluding hydrogens is 442 g/mol. The first kappa shape index (κ1) is 23.1. The van der Waals surface area contributed by atoms with Gasteiger partial charge in [-0.25, -0.2) is 0 Å². The molecule has 0 aromatic heterocycles. The van der Waals surface area contributed by atoms with Gasteiger partial charge in [0.2, 0.25) is 0 Å². The van der Waals surface area contributed by atoms with Crippen molar-refractivity contribution in [2.45, 2.75) is 51.2 Å². The lowest BCUT2D eigenvalue weighted by Crippen LogP contribution is -2.42. The molecule has 1 heterocycles. The third-order valence-electron chi connectivity index (χ3n) is 7.09. The molecule has 1 saturated heterocycles. The van der Waals surface area contributed by atoms with E-state index in [4.69, 9.17) is 4.74 Å². The molecule has 3 aromatic carbocycles. The van der Waals surface area contributed by atoms with Gasteiger partial charge in [0.25, 0.3) is 0 Å². The summed E-state index contributed by atoms with van der Waals surface area (Å²) >= 11 is 0. The fraction of sp³-hybridized carbons (Fsp3) is 0.379. The number of para-hydroxylation sites is 1. The summed E-state index contributed by atoms with van der Waals surface area (Å²) in [4.78, 5) is 0. The fourth-order valence-electron chi connectivity index (χ4n) is 5.10. The number of ether oxygens (including phenoxy) is 1. The van der Waals surface area contributed by atoms with Crippen molar-refractivity contribution in [1.82, 2.24) is 0 Å². The topological polar surface area (TPSA) is 58.6 Å². The molecule has 5 rings (SSSR count). The Labute approximate surface area is 204 Å². The van der Waals surface area contributed by atoms with Crippen LogP contribution in [0.2, 0.25) is 0 Å². The van der Waals surface area contributed by atoms with E-state index in [1.54, 1.807) is 0 Å². The van der Waals surface area contributed by atoms with Crippen molar-refractivity contribution in [3.8, 4) is 16.9 Å². The predicted octanol–water partition coefficient (Wildman–Crippen LogP) is 5.42. The predicted molar refractivity (Wildman–Crippen MR) is 140 cm³/mol. The molecule has 1 aliphatic carbocycles. The summed E-state index contributed by atoms with van der Waals surface area (Å²) in [5.41, 5.74) is 8.11. The van der Waals surface area contributed by atoms with Crippen LogP contribution in [0.25, 0.3) is 11.1 Å². The first-order valence-corrected chi connectivity index (χ1v) is 13.7. The lowest BCUT2D eigenvalue weighted by molar-refractivity contribution is -0.0122. The fourth-order valence-corrected chi connectivity index (χ4v) is 6.52. The molecule has 0 spiro atoms. The van der Waals surface area contributed by atoms with Gasteiger partial charge in [0, 0.05) is 34.5 Å². The van der Waals surface area contributed by atoms with Crippen molar-refractivity contribution < 1.29 is 14.1 Å². The van der Waals surface area contributed by atoms with Gasteiger partial charge in [-0.2, -0.15) is 0 Å². The van der Waals surface area contributed by atoms with Gasteiger partial charge in [0.05, 0.1) is 0 Å². The van der Waals surface area contributed by atoms with Crippen molar-refractivity contribution >= 4 is 16.5 Å². The number of hydrogen-bond donors (Lipinski definition) is 2. The van der Waals surface area contributed by atoms with Crippen LogP contribution in [0, 0.1) is 6.92 Å². The van der Waals surface area contributed by atoms with Crippen LogP contribution in [0.15, 0.2) is 60.7 Å². The van der Waals surface area contributed by atoms with Crippen LogP contribution in [0.4, 0.5) is 5.69 Å². The highest BCUT2D eigenvalue weighted by molar-refractivity contribution is 7.85. The second-order valence-corrected chi connectivity index (χ2v) is 11.4. The molecule has 34 heavy (non-hydrogen) atoms. The number of anilines is 1. The molecule has 2 aliphatic rings. The zero-order valence-electron chi connectivity index (χ0n) is 19.8. The highest BCUT2D eigenvalue weighted by atomic mass is 32.2. The molecule has 178 valence electrons. The molecular formula is C29H33NO3S. The van der Waals surface area contributed by atoms with E-state index < -0.39 is 16.4 Å². The Bertz CT molecular complexity index is 1180. The monoisotopic (exact) mass is 475 g/mol. The lowest BCUT2D eigenvalue weighted by Gasteiger charge is -2.31. The number of aryl methyl sites for hydroxylation is 3. The zero-order valence-corrected chi connectivity index (χ0v) is 20.6. The quantitative estimate of drug-likeness (QED) is 0.500. The van der Waals surface area contributed by atoms with Gasteiger partial charge in [-0.1, -0.05) is 30.3 Å². The van der Waals surface area contributed by atoms with Crippen LogP contribution < -0.4 is 10.1 Å². The van der Waals surface area contributed by atoms with Crippen molar-refractivity contribution in [3.05, 3.63) is 82.9 Å². The van der Waals surface area contributed by atoms with Gasteiger partial charge in [-0.05, 0) is 103 Å². The molecule has 1 fully saturated rings. The number of nitrogens with one attached hydrogen (secondary N) is 1. The van der Waals surface area contributed by atoms with Gasteiger partial charge in [-0.15, -0.1) is 0 Å². The summed E-state index contributed by atoms with van der Waals surface area (Å²) in [6, 6.07) is 21.4. The van der Waals surface area contributed by atoms with E-state index in [2.05, 4.69) is 54.7 Å². The minimum Gasteiger partial charge on any atom is -0.491 e. The Morgan fingerprint density at radius 2 is 1.76 bits per heavy atom. The van der Waals surface area contributed by atoms with E-state index in [9.17, 15) is 9.32 Å². The minimum atomic E-state index is -0.873. The van der Waals surface area contributed by atoms with E-state index in [1.165, 1.54) is 33.4 Å². The maximum atomic E-state index is 11.7. The van der Waals surface area contributed by atoms with Crippen molar-refractivity contribution in [2.24, 2.45) is 0 Å². The van der Waals surface area contributed by atoms with Crippen LogP contribution in [0.5, 0.6) is 5.75 Å². The molecule has 0 radical (unpaired) electrons.